The molecule has 27 heavy (non-hydrogen) atoms. The summed E-state index contributed by atoms with van der Waals surface area (Å²) in [6.45, 7) is 1.17. The second kappa shape index (κ2) is 9.33. The maximum Gasteiger partial charge on any atom is 0.239 e. The standard InChI is InChI=1S/C21H22N4O2/c26-20(12-17-4-2-1-3-5-17)24-14-21(27)23-13-18-6-8-19(9-7-18)15-25-11-10-22-16-25/h1-11,16H,12-15H2,(H,23,27)(H,24,26). The van der Waals surface area contributed by atoms with E-state index in [0.717, 1.165) is 23.2 Å². The molecule has 0 aliphatic carbocycles. The highest BCUT2D eigenvalue weighted by atomic mass is 16.2. The van der Waals surface area contributed by atoms with E-state index in [4.69, 9.17) is 0 Å². The Labute approximate surface area is 158 Å². The summed E-state index contributed by atoms with van der Waals surface area (Å²) in [4.78, 5) is 27.8. The lowest BCUT2D eigenvalue weighted by Crippen LogP contribution is -2.37. The Morgan fingerprint density at radius 3 is 2.30 bits per heavy atom. The zero-order valence-corrected chi connectivity index (χ0v) is 15.0. The Hall–Kier alpha value is -3.41. The molecule has 2 amide bonds. The van der Waals surface area contributed by atoms with Crippen LogP contribution in [-0.2, 0) is 29.1 Å². The highest BCUT2D eigenvalue weighted by molar-refractivity contribution is 5.85. The lowest BCUT2D eigenvalue weighted by atomic mass is 10.1. The van der Waals surface area contributed by atoms with Crippen LogP contribution in [0.25, 0.3) is 0 Å². The quantitative estimate of drug-likeness (QED) is 0.643. The lowest BCUT2D eigenvalue weighted by molar-refractivity contribution is -0.125. The number of carbonyl (C=O) groups is 2. The number of benzene rings is 2. The summed E-state index contributed by atoms with van der Waals surface area (Å²) in [6.07, 6.45) is 5.72. The SMILES string of the molecule is O=C(CNC(=O)Cc1ccccc1)NCc1ccc(Cn2ccnc2)cc1. The van der Waals surface area contributed by atoms with Gasteiger partial charge in [0.25, 0.3) is 0 Å². The normalized spacial score (nSPS) is 10.4. The molecule has 3 rings (SSSR count). The van der Waals surface area contributed by atoms with Crippen LogP contribution in [0.1, 0.15) is 16.7 Å². The van der Waals surface area contributed by atoms with Crippen molar-refractivity contribution >= 4 is 11.8 Å². The van der Waals surface area contributed by atoms with Gasteiger partial charge in [-0.05, 0) is 16.7 Å². The van der Waals surface area contributed by atoms with Crippen LogP contribution in [0.4, 0.5) is 0 Å². The first kappa shape index (κ1) is 18.4. The van der Waals surface area contributed by atoms with Crippen LogP contribution in [-0.4, -0.2) is 27.9 Å². The van der Waals surface area contributed by atoms with Crippen molar-refractivity contribution < 1.29 is 9.59 Å². The van der Waals surface area contributed by atoms with Gasteiger partial charge in [0, 0.05) is 25.5 Å². The van der Waals surface area contributed by atoms with Gasteiger partial charge in [0.15, 0.2) is 0 Å². The molecule has 0 spiro atoms. The molecule has 0 atom stereocenters. The fraction of sp³-hybridized carbons (Fsp3) is 0.190. The Balaban J connectivity index is 1.38. The Bertz CT molecular complexity index is 859. The molecule has 6 nitrogen and oxygen atoms in total. The molecule has 0 aliphatic rings. The average Bonchev–Trinajstić information content (AvgIpc) is 3.20. The van der Waals surface area contributed by atoms with Crippen molar-refractivity contribution in [2.45, 2.75) is 19.5 Å². The van der Waals surface area contributed by atoms with Gasteiger partial charge in [-0.3, -0.25) is 9.59 Å². The van der Waals surface area contributed by atoms with Crippen molar-refractivity contribution in [1.82, 2.24) is 20.2 Å². The van der Waals surface area contributed by atoms with E-state index >= 15 is 0 Å². The van der Waals surface area contributed by atoms with Gasteiger partial charge in [0.05, 0.1) is 19.3 Å². The van der Waals surface area contributed by atoms with E-state index in [1.807, 2.05) is 65.4 Å². The summed E-state index contributed by atoms with van der Waals surface area (Å²) < 4.78 is 1.99. The van der Waals surface area contributed by atoms with Crippen LogP contribution in [0.15, 0.2) is 73.3 Å². The lowest BCUT2D eigenvalue weighted by Gasteiger charge is -2.08. The fourth-order valence-electron chi connectivity index (χ4n) is 2.64. The van der Waals surface area contributed by atoms with Crippen LogP contribution in [0.5, 0.6) is 0 Å². The molecule has 2 aromatic carbocycles. The highest BCUT2D eigenvalue weighted by Gasteiger charge is 2.06. The number of hydrogen-bond donors (Lipinski definition) is 2. The van der Waals surface area contributed by atoms with E-state index in [2.05, 4.69) is 15.6 Å². The Morgan fingerprint density at radius 1 is 0.852 bits per heavy atom. The summed E-state index contributed by atoms with van der Waals surface area (Å²) in [7, 11) is 0. The molecule has 1 heterocycles. The predicted octanol–water partition coefficient (Wildman–Crippen LogP) is 1.91. The second-order valence-corrected chi connectivity index (χ2v) is 6.27. The van der Waals surface area contributed by atoms with Crippen molar-refractivity contribution in [3.8, 4) is 0 Å². The predicted molar refractivity (Wildman–Crippen MR) is 103 cm³/mol. The Kier molecular flexibility index (Phi) is 6.35. The van der Waals surface area contributed by atoms with Crippen molar-refractivity contribution in [2.24, 2.45) is 0 Å². The monoisotopic (exact) mass is 362 g/mol. The summed E-state index contributed by atoms with van der Waals surface area (Å²) in [5.41, 5.74) is 3.09. The molecular weight excluding hydrogens is 340 g/mol. The smallest absolute Gasteiger partial charge is 0.239 e. The van der Waals surface area contributed by atoms with Crippen molar-refractivity contribution in [1.29, 1.82) is 0 Å². The van der Waals surface area contributed by atoms with Gasteiger partial charge in [-0.2, -0.15) is 0 Å². The van der Waals surface area contributed by atoms with Gasteiger partial charge >= 0.3 is 0 Å². The molecule has 2 N–H and O–H groups in total. The summed E-state index contributed by atoms with van der Waals surface area (Å²) >= 11 is 0. The van der Waals surface area contributed by atoms with Crippen molar-refractivity contribution in [3.63, 3.8) is 0 Å². The minimum Gasteiger partial charge on any atom is -0.350 e. The van der Waals surface area contributed by atoms with E-state index in [1.165, 1.54) is 0 Å². The van der Waals surface area contributed by atoms with Gasteiger partial charge in [-0.15, -0.1) is 0 Å². The largest absolute Gasteiger partial charge is 0.350 e. The molecule has 0 unspecified atom stereocenters. The molecule has 0 bridgehead atoms. The number of amides is 2. The van der Waals surface area contributed by atoms with Gasteiger partial charge in [-0.1, -0.05) is 54.6 Å². The topological polar surface area (TPSA) is 76.0 Å². The first-order valence-corrected chi connectivity index (χ1v) is 8.80. The number of nitrogens with zero attached hydrogens (tertiary/aromatic N) is 2. The van der Waals surface area contributed by atoms with E-state index in [1.54, 1.807) is 12.5 Å². The maximum absolute atomic E-state index is 11.9. The van der Waals surface area contributed by atoms with Gasteiger partial charge in [0.2, 0.25) is 11.8 Å². The van der Waals surface area contributed by atoms with E-state index in [0.29, 0.717) is 6.54 Å². The van der Waals surface area contributed by atoms with Crippen LogP contribution in [0.2, 0.25) is 0 Å². The van der Waals surface area contributed by atoms with E-state index < -0.39 is 0 Å². The number of rotatable bonds is 8. The average molecular weight is 362 g/mol. The summed E-state index contributed by atoms with van der Waals surface area (Å²) in [6, 6.07) is 17.5. The summed E-state index contributed by atoms with van der Waals surface area (Å²) in [5, 5.41) is 5.46. The van der Waals surface area contributed by atoms with Crippen molar-refractivity contribution in [2.75, 3.05) is 6.54 Å². The van der Waals surface area contributed by atoms with Crippen LogP contribution in [0.3, 0.4) is 0 Å². The molecule has 6 heteroatoms. The fourth-order valence-corrected chi connectivity index (χ4v) is 2.64. The number of nitrogens with one attached hydrogen (secondary N) is 2. The zero-order valence-electron chi connectivity index (χ0n) is 15.0. The van der Waals surface area contributed by atoms with Gasteiger partial charge < -0.3 is 15.2 Å². The third kappa shape index (κ3) is 6.11. The molecule has 0 fully saturated rings. The second-order valence-electron chi connectivity index (χ2n) is 6.27. The molecule has 0 saturated heterocycles. The third-order valence-electron chi connectivity index (χ3n) is 4.09. The molecular formula is C21H22N4O2. The first-order chi connectivity index (χ1) is 13.2. The Morgan fingerprint density at radius 2 is 1.59 bits per heavy atom. The van der Waals surface area contributed by atoms with Crippen LogP contribution < -0.4 is 10.6 Å². The van der Waals surface area contributed by atoms with Crippen LogP contribution in [0, 0.1) is 0 Å². The van der Waals surface area contributed by atoms with E-state index in [9.17, 15) is 9.59 Å². The van der Waals surface area contributed by atoms with Crippen LogP contribution >= 0.6 is 0 Å². The third-order valence-corrected chi connectivity index (χ3v) is 4.09. The molecule has 0 saturated carbocycles. The molecule has 138 valence electrons. The highest BCUT2D eigenvalue weighted by Crippen LogP contribution is 2.06. The van der Waals surface area contributed by atoms with Crippen molar-refractivity contribution in [3.05, 3.63) is 90.0 Å². The molecule has 0 aliphatic heterocycles. The first-order valence-electron chi connectivity index (χ1n) is 8.80. The van der Waals surface area contributed by atoms with Gasteiger partial charge in [-0.25, -0.2) is 4.98 Å². The zero-order chi connectivity index (χ0) is 18.9. The maximum atomic E-state index is 11.9. The minimum absolute atomic E-state index is 0.0234. The summed E-state index contributed by atoms with van der Waals surface area (Å²) in [5.74, 6) is -0.376. The molecule has 1 aromatic heterocycles. The number of imidazole rings is 1. The van der Waals surface area contributed by atoms with E-state index in [-0.39, 0.29) is 24.8 Å². The number of hydrogen-bond acceptors (Lipinski definition) is 3. The van der Waals surface area contributed by atoms with Gasteiger partial charge in [0.1, 0.15) is 0 Å². The minimum atomic E-state index is -0.209. The number of carbonyl (C=O) groups excluding carboxylic acids is 2. The molecule has 0 radical (unpaired) electrons. The number of aromatic nitrogens is 2. The molecule has 3 aromatic rings.